The minimum absolute atomic E-state index is 0.0574. The number of piperazine rings is 1. The summed E-state index contributed by atoms with van der Waals surface area (Å²) in [6, 6.07) is 2.86. The summed E-state index contributed by atoms with van der Waals surface area (Å²) in [5.74, 6) is -1.92. The number of hydrogen-bond donors (Lipinski definition) is 5. The number of benzene rings is 1. The van der Waals surface area contributed by atoms with Gasteiger partial charge in [0.25, 0.3) is 0 Å². The number of ether oxygens (including phenoxy) is 2. The van der Waals surface area contributed by atoms with Crippen molar-refractivity contribution in [3.05, 3.63) is 39.9 Å². The molecule has 3 fully saturated rings. The van der Waals surface area contributed by atoms with E-state index in [0.717, 1.165) is 18.9 Å². The molecule has 5 N–H and O–H groups in total. The van der Waals surface area contributed by atoms with Crippen LogP contribution in [0.25, 0.3) is 10.9 Å². The SMILES string of the molecule is O=C(O)c1cn(C2CC2)c2cc(N3CCN(CCO[C@@H]4O[C@H](CO)[C@H](O)[C@H](O)[C@H]4O)CC3)c(F)cc2c1=O. The summed E-state index contributed by atoms with van der Waals surface area (Å²) in [5, 5.41) is 48.6. The van der Waals surface area contributed by atoms with E-state index in [1.54, 1.807) is 10.6 Å². The molecule has 5 rings (SSSR count). The predicted molar refractivity (Wildman–Crippen MR) is 132 cm³/mol. The maximum atomic E-state index is 15.2. The number of hydrogen-bond acceptors (Lipinski definition) is 10. The molecule has 2 saturated heterocycles. The summed E-state index contributed by atoms with van der Waals surface area (Å²) in [7, 11) is 0. The van der Waals surface area contributed by atoms with E-state index in [0.29, 0.717) is 43.9 Å². The highest BCUT2D eigenvalue weighted by atomic mass is 19.1. The maximum Gasteiger partial charge on any atom is 0.341 e. The van der Waals surface area contributed by atoms with E-state index in [2.05, 4.69) is 4.90 Å². The van der Waals surface area contributed by atoms with Crippen LogP contribution in [0.2, 0.25) is 0 Å². The lowest BCUT2D eigenvalue weighted by Gasteiger charge is -2.40. The number of anilines is 1. The van der Waals surface area contributed by atoms with Crippen LogP contribution in [0.3, 0.4) is 0 Å². The van der Waals surface area contributed by atoms with E-state index in [-0.39, 0.29) is 23.6 Å². The second kappa shape index (κ2) is 10.8. The van der Waals surface area contributed by atoms with Gasteiger partial charge in [0.15, 0.2) is 6.29 Å². The summed E-state index contributed by atoms with van der Waals surface area (Å²) in [6.45, 7) is 2.28. The van der Waals surface area contributed by atoms with Crippen LogP contribution in [0, 0.1) is 5.82 Å². The topological polar surface area (TPSA) is 165 Å². The Bertz CT molecular complexity index is 1240. The number of carboxylic acid groups (broad SMARTS) is 1. The minimum atomic E-state index is -1.50. The second-order valence-corrected chi connectivity index (χ2v) is 10.0. The number of aliphatic hydroxyl groups excluding tert-OH is 4. The molecule has 0 spiro atoms. The van der Waals surface area contributed by atoms with Gasteiger partial charge in [0.2, 0.25) is 5.43 Å². The van der Waals surface area contributed by atoms with E-state index in [1.807, 2.05) is 4.90 Å². The van der Waals surface area contributed by atoms with Crippen LogP contribution in [-0.2, 0) is 9.47 Å². The van der Waals surface area contributed by atoms with Crippen molar-refractivity contribution in [2.45, 2.75) is 49.6 Å². The van der Waals surface area contributed by atoms with Gasteiger partial charge in [0, 0.05) is 50.3 Å². The van der Waals surface area contributed by atoms with Gasteiger partial charge in [-0.05, 0) is 25.0 Å². The summed E-state index contributed by atoms with van der Waals surface area (Å²) >= 11 is 0. The molecule has 5 atom stereocenters. The van der Waals surface area contributed by atoms with Crippen molar-refractivity contribution in [1.82, 2.24) is 9.47 Å². The highest BCUT2D eigenvalue weighted by Gasteiger charge is 2.44. The maximum absolute atomic E-state index is 15.2. The number of aliphatic hydroxyl groups is 4. The van der Waals surface area contributed by atoms with Gasteiger partial charge in [0.1, 0.15) is 35.8 Å². The minimum Gasteiger partial charge on any atom is -0.477 e. The molecule has 0 radical (unpaired) electrons. The van der Waals surface area contributed by atoms with Crippen molar-refractivity contribution in [2.75, 3.05) is 50.8 Å². The average molecular weight is 538 g/mol. The van der Waals surface area contributed by atoms with Crippen molar-refractivity contribution < 1.29 is 44.2 Å². The van der Waals surface area contributed by atoms with Crippen LogP contribution in [0.15, 0.2) is 23.1 Å². The van der Waals surface area contributed by atoms with Crippen molar-refractivity contribution >= 4 is 22.6 Å². The number of aromatic nitrogens is 1. The molecule has 0 amide bonds. The monoisotopic (exact) mass is 537 g/mol. The molecule has 13 heteroatoms. The van der Waals surface area contributed by atoms with E-state index < -0.39 is 54.5 Å². The summed E-state index contributed by atoms with van der Waals surface area (Å²) in [4.78, 5) is 28.2. The molecule has 0 unspecified atom stereocenters. The average Bonchev–Trinajstić information content (AvgIpc) is 3.75. The number of rotatable bonds is 8. The zero-order chi connectivity index (χ0) is 27.1. The fraction of sp³-hybridized carbons (Fsp3) is 0.600. The predicted octanol–water partition coefficient (Wildman–Crippen LogP) is -0.888. The van der Waals surface area contributed by atoms with E-state index >= 15 is 4.39 Å². The van der Waals surface area contributed by atoms with Gasteiger partial charge in [0.05, 0.1) is 24.4 Å². The zero-order valence-corrected chi connectivity index (χ0v) is 20.6. The van der Waals surface area contributed by atoms with Crippen molar-refractivity contribution in [3.63, 3.8) is 0 Å². The fourth-order valence-corrected chi connectivity index (χ4v) is 5.12. The Balaban J connectivity index is 1.22. The Labute approximate surface area is 217 Å². The third-order valence-electron chi connectivity index (χ3n) is 7.52. The molecule has 3 heterocycles. The fourth-order valence-electron chi connectivity index (χ4n) is 5.12. The Morgan fingerprint density at radius 1 is 1.08 bits per heavy atom. The Morgan fingerprint density at radius 3 is 2.42 bits per heavy atom. The number of carboxylic acids is 1. The van der Waals surface area contributed by atoms with Gasteiger partial charge in [-0.1, -0.05) is 0 Å². The smallest absolute Gasteiger partial charge is 0.341 e. The summed E-state index contributed by atoms with van der Waals surface area (Å²) in [6.07, 6.45) is -3.54. The quantitative estimate of drug-likeness (QED) is 0.284. The second-order valence-electron chi connectivity index (χ2n) is 10.0. The molecular formula is C25H32FN3O9. The van der Waals surface area contributed by atoms with E-state index in [1.165, 1.54) is 6.20 Å². The number of aromatic carboxylic acids is 1. The van der Waals surface area contributed by atoms with Crippen LogP contribution in [0.1, 0.15) is 29.2 Å². The Hall–Kier alpha value is -2.65. The molecule has 208 valence electrons. The van der Waals surface area contributed by atoms with Crippen molar-refractivity contribution in [1.29, 1.82) is 0 Å². The highest BCUT2D eigenvalue weighted by Crippen LogP contribution is 2.38. The van der Waals surface area contributed by atoms with Gasteiger partial charge in [-0.15, -0.1) is 0 Å². The van der Waals surface area contributed by atoms with Crippen molar-refractivity contribution in [3.8, 4) is 0 Å². The third kappa shape index (κ3) is 5.15. The lowest BCUT2D eigenvalue weighted by Crippen LogP contribution is -2.59. The molecule has 1 aliphatic carbocycles. The van der Waals surface area contributed by atoms with Gasteiger partial charge >= 0.3 is 5.97 Å². The van der Waals surface area contributed by atoms with E-state index in [4.69, 9.17) is 9.47 Å². The van der Waals surface area contributed by atoms with Crippen LogP contribution in [0.5, 0.6) is 0 Å². The standard InChI is InChI=1S/C25H32FN3O9/c26-16-9-14-17(29(13-1-2-13)11-15(20(14)31)24(35)36)10-18(16)28-5-3-27(4-6-28)7-8-37-25-23(34)22(33)21(32)19(12-30)38-25/h9-11,13,19,21-23,25,30,32-34H,1-8,12H2,(H,35,36)/t19-,21+,22+,23-,25-/m1/s1. The van der Waals surface area contributed by atoms with Gasteiger partial charge in [-0.2, -0.15) is 0 Å². The molecule has 2 aromatic rings. The Morgan fingerprint density at radius 2 is 1.79 bits per heavy atom. The molecule has 0 bridgehead atoms. The molecule has 1 aromatic carbocycles. The van der Waals surface area contributed by atoms with E-state index in [9.17, 15) is 35.1 Å². The number of nitrogens with zero attached hydrogens (tertiary/aromatic N) is 3. The number of pyridine rings is 1. The van der Waals surface area contributed by atoms with Gasteiger partial charge in [-0.25, -0.2) is 9.18 Å². The highest BCUT2D eigenvalue weighted by molar-refractivity contribution is 5.93. The first-order valence-electron chi connectivity index (χ1n) is 12.7. The summed E-state index contributed by atoms with van der Waals surface area (Å²) < 4.78 is 27.8. The number of halogens is 1. The molecule has 38 heavy (non-hydrogen) atoms. The Kier molecular flexibility index (Phi) is 7.69. The van der Waals surface area contributed by atoms with Crippen LogP contribution < -0.4 is 10.3 Å². The molecule has 12 nitrogen and oxygen atoms in total. The largest absolute Gasteiger partial charge is 0.477 e. The zero-order valence-electron chi connectivity index (χ0n) is 20.6. The number of carbonyl (C=O) groups is 1. The van der Waals surface area contributed by atoms with Gasteiger partial charge < -0.3 is 44.5 Å². The molecule has 1 saturated carbocycles. The molecule has 3 aliphatic rings. The van der Waals surface area contributed by atoms with Crippen LogP contribution >= 0.6 is 0 Å². The first-order chi connectivity index (χ1) is 18.2. The van der Waals surface area contributed by atoms with Gasteiger partial charge in [-0.3, -0.25) is 9.69 Å². The first kappa shape index (κ1) is 26.9. The third-order valence-corrected chi connectivity index (χ3v) is 7.52. The lowest BCUT2D eigenvalue weighted by atomic mass is 9.99. The van der Waals surface area contributed by atoms with Crippen molar-refractivity contribution in [2.24, 2.45) is 0 Å². The molecule has 1 aromatic heterocycles. The van der Waals surface area contributed by atoms with Crippen LogP contribution in [0.4, 0.5) is 10.1 Å². The van der Waals surface area contributed by atoms with Crippen LogP contribution in [-0.4, -0.2) is 118 Å². The molecular weight excluding hydrogens is 505 g/mol. The normalized spacial score (nSPS) is 28.7. The molecule has 2 aliphatic heterocycles. The summed E-state index contributed by atoms with van der Waals surface area (Å²) in [5.41, 5.74) is -0.184. The lowest BCUT2D eigenvalue weighted by molar-refractivity contribution is -0.301. The first-order valence-corrected chi connectivity index (χ1v) is 12.7. The number of fused-ring (bicyclic) bond motifs is 1.